The summed E-state index contributed by atoms with van der Waals surface area (Å²) in [5, 5.41) is 13.6. The number of nitrogens with two attached hydrogens (primary N) is 1. The number of carbonyl (C=O) groups excluding carboxylic acids is 1. The third-order valence-corrected chi connectivity index (χ3v) is 4.92. The number of hydrazine groups is 2. The maximum absolute atomic E-state index is 12.7. The van der Waals surface area contributed by atoms with E-state index in [1.807, 2.05) is 17.0 Å². The predicted octanol–water partition coefficient (Wildman–Crippen LogP) is -1.42. The van der Waals surface area contributed by atoms with Crippen LogP contribution in [0.15, 0.2) is 30.1 Å². The number of anilines is 1. The number of hydrogen-bond donors (Lipinski definition) is 6. The summed E-state index contributed by atoms with van der Waals surface area (Å²) in [6, 6.07) is 5.29. The highest BCUT2D eigenvalue weighted by molar-refractivity contribution is 5.89. The van der Waals surface area contributed by atoms with E-state index in [0.717, 1.165) is 28.9 Å². The van der Waals surface area contributed by atoms with Crippen molar-refractivity contribution >= 4 is 11.6 Å². The molecule has 0 saturated heterocycles. The van der Waals surface area contributed by atoms with E-state index in [1.54, 1.807) is 6.20 Å². The molecule has 0 aliphatic carbocycles. The zero-order chi connectivity index (χ0) is 16.7. The third-order valence-electron chi connectivity index (χ3n) is 4.92. The molecule has 3 atom stereocenters. The van der Waals surface area contributed by atoms with Crippen LogP contribution < -0.4 is 32.3 Å². The van der Waals surface area contributed by atoms with Crippen LogP contribution in [0.3, 0.4) is 0 Å². The number of rotatable bonds is 3. The molecule has 0 spiro atoms. The highest BCUT2D eigenvalue weighted by Crippen LogP contribution is 2.39. The monoisotopic (exact) mass is 330 g/mol. The molecular weight excluding hydrogens is 308 g/mol. The Kier molecular flexibility index (Phi) is 3.79. The van der Waals surface area contributed by atoms with E-state index in [4.69, 9.17) is 5.73 Å². The Bertz CT molecular complexity index is 691. The van der Waals surface area contributed by atoms with Crippen molar-refractivity contribution in [2.75, 3.05) is 11.4 Å². The maximum Gasteiger partial charge on any atom is 0.243 e. The fourth-order valence-corrected chi connectivity index (χ4v) is 3.69. The van der Waals surface area contributed by atoms with Crippen LogP contribution in [0.5, 0.6) is 0 Å². The summed E-state index contributed by atoms with van der Waals surface area (Å²) in [7, 11) is 0. The van der Waals surface area contributed by atoms with E-state index in [0.29, 0.717) is 19.4 Å². The van der Waals surface area contributed by atoms with Crippen LogP contribution in [0.25, 0.3) is 0 Å². The smallest absolute Gasteiger partial charge is 0.243 e. The van der Waals surface area contributed by atoms with E-state index in [1.165, 1.54) is 0 Å². The van der Waals surface area contributed by atoms with Crippen LogP contribution in [0.1, 0.15) is 17.5 Å². The molecule has 0 fully saturated rings. The molecule has 4 rings (SSSR count). The summed E-state index contributed by atoms with van der Waals surface area (Å²) in [5.41, 5.74) is 18.6. The van der Waals surface area contributed by atoms with Gasteiger partial charge in [0.25, 0.3) is 0 Å². The Hall–Kier alpha value is -2.29. The first-order chi connectivity index (χ1) is 11.6. The summed E-state index contributed by atoms with van der Waals surface area (Å²) in [6.07, 6.45) is 3.01. The van der Waals surface area contributed by atoms with Gasteiger partial charge in [-0.15, -0.1) is 0 Å². The number of aryl methyl sites for hydroxylation is 1. The SMILES string of the molecule is N[C@H]1CCc2cccc3c2N([C@H](C(=O)NCC2=CNNN2)C3)[C@H]1O. The van der Waals surface area contributed by atoms with E-state index < -0.39 is 12.3 Å². The summed E-state index contributed by atoms with van der Waals surface area (Å²) in [5.74, 6) is -0.111. The van der Waals surface area contributed by atoms with Crippen molar-refractivity contribution in [1.29, 1.82) is 0 Å². The molecule has 0 radical (unpaired) electrons. The average molecular weight is 330 g/mol. The molecule has 3 aliphatic rings. The van der Waals surface area contributed by atoms with Gasteiger partial charge in [-0.1, -0.05) is 18.2 Å². The molecule has 7 N–H and O–H groups in total. The molecule has 1 aromatic rings. The van der Waals surface area contributed by atoms with Gasteiger partial charge in [-0.2, -0.15) is 5.53 Å². The summed E-state index contributed by atoms with van der Waals surface area (Å²) in [4.78, 5) is 14.5. The Morgan fingerprint density at radius 1 is 1.42 bits per heavy atom. The first-order valence-electron chi connectivity index (χ1n) is 8.21. The number of aliphatic hydroxyl groups excluding tert-OH is 1. The summed E-state index contributed by atoms with van der Waals surface area (Å²) in [6.45, 7) is 0.383. The second-order valence-electron chi connectivity index (χ2n) is 6.45. The normalized spacial score (nSPS) is 27.7. The molecule has 0 unspecified atom stereocenters. The fourth-order valence-electron chi connectivity index (χ4n) is 3.69. The van der Waals surface area contributed by atoms with Gasteiger partial charge in [0, 0.05) is 24.4 Å². The second-order valence-corrected chi connectivity index (χ2v) is 6.45. The van der Waals surface area contributed by atoms with Gasteiger partial charge >= 0.3 is 0 Å². The first-order valence-corrected chi connectivity index (χ1v) is 8.21. The molecule has 1 aromatic carbocycles. The van der Waals surface area contributed by atoms with Crippen molar-refractivity contribution in [2.45, 2.75) is 37.6 Å². The van der Waals surface area contributed by atoms with Crippen molar-refractivity contribution in [3.63, 3.8) is 0 Å². The van der Waals surface area contributed by atoms with Crippen LogP contribution in [0.2, 0.25) is 0 Å². The van der Waals surface area contributed by atoms with Crippen molar-refractivity contribution < 1.29 is 9.90 Å². The van der Waals surface area contributed by atoms with Gasteiger partial charge in [0.15, 0.2) is 0 Å². The van der Waals surface area contributed by atoms with Gasteiger partial charge in [0.2, 0.25) is 5.91 Å². The van der Waals surface area contributed by atoms with Gasteiger partial charge in [-0.3, -0.25) is 4.79 Å². The number of para-hydroxylation sites is 1. The molecule has 8 nitrogen and oxygen atoms in total. The number of benzene rings is 1. The Balaban J connectivity index is 1.58. The van der Waals surface area contributed by atoms with Crippen LogP contribution in [-0.2, 0) is 17.6 Å². The number of amides is 1. The van der Waals surface area contributed by atoms with Crippen molar-refractivity contribution in [1.82, 2.24) is 21.7 Å². The topological polar surface area (TPSA) is 115 Å². The number of nitrogens with zero attached hydrogens (tertiary/aromatic N) is 1. The molecule has 3 aliphatic heterocycles. The lowest BCUT2D eigenvalue weighted by Crippen LogP contribution is -2.55. The van der Waals surface area contributed by atoms with Crippen molar-refractivity contribution in [3.05, 3.63) is 41.2 Å². The minimum absolute atomic E-state index is 0.111. The molecule has 3 heterocycles. The molecule has 0 bridgehead atoms. The van der Waals surface area contributed by atoms with Crippen LogP contribution in [0.4, 0.5) is 5.69 Å². The number of aliphatic hydroxyl groups is 1. The Morgan fingerprint density at radius 2 is 2.25 bits per heavy atom. The second kappa shape index (κ2) is 5.97. The molecule has 0 aromatic heterocycles. The molecule has 128 valence electrons. The Morgan fingerprint density at radius 3 is 3.04 bits per heavy atom. The molecule has 24 heavy (non-hydrogen) atoms. The van der Waals surface area contributed by atoms with E-state index in [9.17, 15) is 9.90 Å². The van der Waals surface area contributed by atoms with Gasteiger partial charge in [-0.25, -0.2) is 0 Å². The number of hydrogen-bond acceptors (Lipinski definition) is 7. The minimum Gasteiger partial charge on any atom is -0.372 e. The highest BCUT2D eigenvalue weighted by Gasteiger charge is 2.42. The summed E-state index contributed by atoms with van der Waals surface area (Å²) < 4.78 is 0. The minimum atomic E-state index is -0.849. The molecular formula is C16H22N6O2. The van der Waals surface area contributed by atoms with Gasteiger partial charge in [0.1, 0.15) is 12.3 Å². The van der Waals surface area contributed by atoms with Gasteiger partial charge in [0.05, 0.1) is 12.2 Å². The first kappa shape index (κ1) is 15.3. The molecule has 8 heteroatoms. The maximum atomic E-state index is 12.7. The van der Waals surface area contributed by atoms with E-state index >= 15 is 0 Å². The lowest BCUT2D eigenvalue weighted by Gasteiger charge is -2.33. The lowest BCUT2D eigenvalue weighted by atomic mass is 10.0. The van der Waals surface area contributed by atoms with E-state index in [-0.39, 0.29) is 11.9 Å². The summed E-state index contributed by atoms with van der Waals surface area (Å²) >= 11 is 0. The zero-order valence-corrected chi connectivity index (χ0v) is 13.2. The fraction of sp³-hybridized carbons (Fsp3) is 0.438. The Labute approximate surface area is 140 Å². The third kappa shape index (κ3) is 2.48. The number of carbonyl (C=O) groups is 1. The van der Waals surface area contributed by atoms with E-state index in [2.05, 4.69) is 27.8 Å². The van der Waals surface area contributed by atoms with Crippen LogP contribution in [0, 0.1) is 0 Å². The quantitative estimate of drug-likeness (QED) is 0.403. The van der Waals surface area contributed by atoms with Crippen molar-refractivity contribution in [3.8, 4) is 0 Å². The molecule has 0 saturated carbocycles. The zero-order valence-electron chi connectivity index (χ0n) is 13.2. The predicted molar refractivity (Wildman–Crippen MR) is 89.2 cm³/mol. The number of nitrogens with one attached hydrogen (secondary N) is 4. The van der Waals surface area contributed by atoms with Gasteiger partial charge in [-0.05, 0) is 24.0 Å². The lowest BCUT2D eigenvalue weighted by molar-refractivity contribution is -0.122. The standard InChI is InChI=1S/C16H22N6O2/c17-12-5-4-9-2-1-3-10-6-13(22(14(9)10)16(12)24)15(23)18-7-11-8-19-21-20-11/h1-3,8,12-13,16,19-21,24H,4-7,17H2,(H,18,23)/t12-,13-,16-/m0/s1. The largest absolute Gasteiger partial charge is 0.372 e. The van der Waals surface area contributed by atoms with Gasteiger partial charge < -0.3 is 31.9 Å². The average Bonchev–Trinajstić information content (AvgIpc) is 3.21. The highest BCUT2D eigenvalue weighted by atomic mass is 16.3. The van der Waals surface area contributed by atoms with Crippen molar-refractivity contribution in [2.24, 2.45) is 5.73 Å². The molecule has 1 amide bonds. The van der Waals surface area contributed by atoms with Crippen LogP contribution >= 0.6 is 0 Å². The van der Waals surface area contributed by atoms with Crippen LogP contribution in [-0.4, -0.2) is 35.9 Å².